The van der Waals surface area contributed by atoms with Crippen molar-refractivity contribution in [3.05, 3.63) is 35.1 Å². The first-order valence-electron chi connectivity index (χ1n) is 6.09. The molecule has 3 nitrogen and oxygen atoms in total. The number of hydrogen-bond donors (Lipinski definition) is 1. The maximum Gasteiger partial charge on any atom is 0.419 e. The maximum atomic E-state index is 13.4. The molecule has 2 unspecified atom stereocenters. The van der Waals surface area contributed by atoms with Crippen molar-refractivity contribution in [3.63, 3.8) is 0 Å². The van der Waals surface area contributed by atoms with Crippen LogP contribution in [-0.2, 0) is 10.9 Å². The van der Waals surface area contributed by atoms with Gasteiger partial charge in [0.05, 0.1) is 11.7 Å². The van der Waals surface area contributed by atoms with Crippen molar-refractivity contribution in [3.8, 4) is 0 Å². The van der Waals surface area contributed by atoms with E-state index in [1.54, 1.807) is 0 Å². The standard InChI is InChI=1S/C13H13F4NO2/c14-10-5-7(1-3-9(10)13(15,16)17)12(19)11-4-2-8(6-18)20-11/h1,3,5,8,11H,2,4,6,18H2. The fourth-order valence-corrected chi connectivity index (χ4v) is 2.16. The molecule has 0 spiro atoms. The summed E-state index contributed by atoms with van der Waals surface area (Å²) in [6.07, 6.45) is -4.73. The summed E-state index contributed by atoms with van der Waals surface area (Å²) in [6.45, 7) is 0.269. The van der Waals surface area contributed by atoms with E-state index in [-0.39, 0.29) is 18.2 Å². The van der Waals surface area contributed by atoms with Crippen molar-refractivity contribution in [2.24, 2.45) is 5.73 Å². The number of alkyl halides is 3. The van der Waals surface area contributed by atoms with Crippen LogP contribution >= 0.6 is 0 Å². The van der Waals surface area contributed by atoms with Crippen molar-refractivity contribution in [1.82, 2.24) is 0 Å². The van der Waals surface area contributed by atoms with Crippen molar-refractivity contribution >= 4 is 5.78 Å². The smallest absolute Gasteiger partial charge is 0.366 e. The van der Waals surface area contributed by atoms with Crippen LogP contribution in [0.15, 0.2) is 18.2 Å². The van der Waals surface area contributed by atoms with E-state index in [1.165, 1.54) is 0 Å². The summed E-state index contributed by atoms with van der Waals surface area (Å²) in [7, 11) is 0. The molecule has 1 aliphatic rings. The molecule has 110 valence electrons. The van der Waals surface area contributed by atoms with Crippen molar-refractivity contribution in [2.75, 3.05) is 6.54 Å². The van der Waals surface area contributed by atoms with Crippen molar-refractivity contribution in [2.45, 2.75) is 31.2 Å². The Kier molecular flexibility index (Phi) is 4.10. The molecule has 0 radical (unpaired) electrons. The van der Waals surface area contributed by atoms with Gasteiger partial charge in [-0.25, -0.2) is 4.39 Å². The first-order valence-corrected chi connectivity index (χ1v) is 6.09. The van der Waals surface area contributed by atoms with Crippen LogP contribution in [0.1, 0.15) is 28.8 Å². The van der Waals surface area contributed by atoms with Crippen LogP contribution in [0.4, 0.5) is 17.6 Å². The number of carbonyl (C=O) groups is 1. The van der Waals surface area contributed by atoms with Gasteiger partial charge in [-0.2, -0.15) is 13.2 Å². The summed E-state index contributed by atoms with van der Waals surface area (Å²) in [5, 5.41) is 0. The molecule has 0 bridgehead atoms. The fraction of sp³-hybridized carbons (Fsp3) is 0.462. The molecule has 1 fully saturated rings. The van der Waals surface area contributed by atoms with E-state index in [9.17, 15) is 22.4 Å². The van der Waals surface area contributed by atoms with Gasteiger partial charge in [-0.1, -0.05) is 6.07 Å². The van der Waals surface area contributed by atoms with Crippen LogP contribution in [0.25, 0.3) is 0 Å². The number of benzene rings is 1. The topological polar surface area (TPSA) is 52.3 Å². The lowest BCUT2D eigenvalue weighted by molar-refractivity contribution is -0.140. The average molecular weight is 291 g/mol. The lowest BCUT2D eigenvalue weighted by atomic mass is 10.0. The molecule has 1 aromatic rings. The number of Topliss-reactive ketones (excluding diaryl/α,β-unsaturated/α-hetero) is 1. The third-order valence-corrected chi connectivity index (χ3v) is 3.22. The number of nitrogens with two attached hydrogens (primary N) is 1. The monoisotopic (exact) mass is 291 g/mol. The highest BCUT2D eigenvalue weighted by molar-refractivity contribution is 5.99. The molecule has 2 N–H and O–H groups in total. The summed E-state index contributed by atoms with van der Waals surface area (Å²) in [5.41, 5.74) is 3.89. The predicted octanol–water partition coefficient (Wildman–Crippen LogP) is 2.53. The summed E-state index contributed by atoms with van der Waals surface area (Å²) in [4.78, 5) is 12.0. The van der Waals surface area contributed by atoms with Crippen LogP contribution in [-0.4, -0.2) is 24.5 Å². The second kappa shape index (κ2) is 5.49. The van der Waals surface area contributed by atoms with Gasteiger partial charge in [0.2, 0.25) is 0 Å². The molecule has 7 heteroatoms. The Hall–Kier alpha value is -1.47. The Balaban J connectivity index is 2.18. The van der Waals surface area contributed by atoms with Gasteiger partial charge in [0.25, 0.3) is 0 Å². The minimum atomic E-state index is -4.78. The number of hydrogen-bond acceptors (Lipinski definition) is 3. The van der Waals surface area contributed by atoms with Crippen molar-refractivity contribution in [1.29, 1.82) is 0 Å². The summed E-state index contributed by atoms with van der Waals surface area (Å²) < 4.78 is 56.0. The SMILES string of the molecule is NCC1CCC(C(=O)c2ccc(C(F)(F)F)c(F)c2)O1. The van der Waals surface area contributed by atoms with Crippen molar-refractivity contribution < 1.29 is 27.1 Å². The number of carbonyl (C=O) groups excluding carboxylic acids is 1. The Bertz CT molecular complexity index is 516. The number of ketones is 1. The van der Waals surface area contributed by atoms with Gasteiger partial charge >= 0.3 is 6.18 Å². The maximum absolute atomic E-state index is 13.4. The van der Waals surface area contributed by atoms with Gasteiger partial charge < -0.3 is 10.5 Å². The minimum Gasteiger partial charge on any atom is -0.366 e. The lowest BCUT2D eigenvalue weighted by Gasteiger charge is -2.13. The number of halogens is 4. The van der Waals surface area contributed by atoms with E-state index in [0.717, 1.165) is 6.07 Å². The van der Waals surface area contributed by atoms with Gasteiger partial charge in [0.1, 0.15) is 11.9 Å². The second-order valence-corrected chi connectivity index (χ2v) is 4.62. The molecular weight excluding hydrogens is 278 g/mol. The molecule has 1 heterocycles. The largest absolute Gasteiger partial charge is 0.419 e. The zero-order valence-electron chi connectivity index (χ0n) is 10.4. The van der Waals surface area contributed by atoms with E-state index in [4.69, 9.17) is 10.5 Å². The molecule has 1 saturated heterocycles. The van der Waals surface area contributed by atoms with Gasteiger partial charge in [0, 0.05) is 12.1 Å². The van der Waals surface area contributed by atoms with Crippen LogP contribution in [0.5, 0.6) is 0 Å². The van der Waals surface area contributed by atoms with E-state index in [1.807, 2.05) is 0 Å². The molecule has 0 amide bonds. The van der Waals surface area contributed by atoms with E-state index in [0.29, 0.717) is 25.0 Å². The van der Waals surface area contributed by atoms with Crippen LogP contribution < -0.4 is 5.73 Å². The Morgan fingerprint density at radius 1 is 1.35 bits per heavy atom. The van der Waals surface area contributed by atoms with E-state index in [2.05, 4.69) is 0 Å². The highest BCUT2D eigenvalue weighted by Crippen LogP contribution is 2.32. The molecule has 2 rings (SSSR count). The molecule has 20 heavy (non-hydrogen) atoms. The quantitative estimate of drug-likeness (QED) is 0.688. The van der Waals surface area contributed by atoms with Crippen LogP contribution in [0.3, 0.4) is 0 Å². The average Bonchev–Trinajstić information content (AvgIpc) is 2.85. The summed E-state index contributed by atoms with van der Waals surface area (Å²) in [6, 6.07) is 2.13. The van der Waals surface area contributed by atoms with Gasteiger partial charge in [-0.3, -0.25) is 4.79 Å². The fourth-order valence-electron chi connectivity index (χ4n) is 2.16. The molecule has 1 aromatic carbocycles. The predicted molar refractivity (Wildman–Crippen MR) is 62.7 cm³/mol. The second-order valence-electron chi connectivity index (χ2n) is 4.62. The Morgan fingerprint density at radius 2 is 2.05 bits per heavy atom. The molecule has 0 aliphatic carbocycles. The molecule has 0 aromatic heterocycles. The highest BCUT2D eigenvalue weighted by Gasteiger charge is 2.35. The first kappa shape index (κ1) is 14.9. The Morgan fingerprint density at radius 3 is 2.55 bits per heavy atom. The summed E-state index contributed by atoms with van der Waals surface area (Å²) >= 11 is 0. The summed E-state index contributed by atoms with van der Waals surface area (Å²) in [5.74, 6) is -1.98. The van der Waals surface area contributed by atoms with Crippen LogP contribution in [0, 0.1) is 5.82 Å². The third-order valence-electron chi connectivity index (χ3n) is 3.22. The molecular formula is C13H13F4NO2. The molecule has 2 atom stereocenters. The van der Waals surface area contributed by atoms with E-state index < -0.39 is 29.4 Å². The van der Waals surface area contributed by atoms with Gasteiger partial charge in [0.15, 0.2) is 5.78 Å². The minimum absolute atomic E-state index is 0.127. The third kappa shape index (κ3) is 2.99. The Labute approximate surface area is 112 Å². The number of rotatable bonds is 3. The van der Waals surface area contributed by atoms with Crippen LogP contribution in [0.2, 0.25) is 0 Å². The van der Waals surface area contributed by atoms with Gasteiger partial charge in [-0.05, 0) is 25.0 Å². The molecule has 0 saturated carbocycles. The molecule has 1 aliphatic heterocycles. The van der Waals surface area contributed by atoms with E-state index >= 15 is 0 Å². The highest BCUT2D eigenvalue weighted by atomic mass is 19.4. The first-order chi connectivity index (χ1) is 9.32. The normalized spacial score (nSPS) is 23.1. The van der Waals surface area contributed by atoms with Gasteiger partial charge in [-0.15, -0.1) is 0 Å². The number of ether oxygens (including phenoxy) is 1. The lowest BCUT2D eigenvalue weighted by Crippen LogP contribution is -2.25. The zero-order valence-corrected chi connectivity index (χ0v) is 10.4. The zero-order chi connectivity index (χ0) is 14.9.